The smallest absolute Gasteiger partial charge is 0.142 e. The van der Waals surface area contributed by atoms with Crippen molar-refractivity contribution < 1.29 is 9.59 Å². The van der Waals surface area contributed by atoms with Gasteiger partial charge in [0.25, 0.3) is 0 Å². The van der Waals surface area contributed by atoms with Gasteiger partial charge in [0.1, 0.15) is 12.6 Å². The summed E-state index contributed by atoms with van der Waals surface area (Å²) in [6.45, 7) is 3.72. The molecule has 16 heavy (non-hydrogen) atoms. The molecule has 0 radical (unpaired) electrons. The Hall–Kier alpha value is -2.14. The fraction of sp³-hybridized carbons (Fsp3) is 0.143. The van der Waals surface area contributed by atoms with E-state index in [9.17, 15) is 9.59 Å². The predicted octanol–water partition coefficient (Wildman–Crippen LogP) is 2.39. The van der Waals surface area contributed by atoms with E-state index in [1.54, 1.807) is 24.3 Å². The Balaban J connectivity index is 4.41. The normalized spacial score (nSPS) is 12.6. The lowest BCUT2D eigenvalue weighted by atomic mass is 10.2. The molecule has 0 rings (SSSR count). The van der Waals surface area contributed by atoms with Crippen LogP contribution in [-0.4, -0.2) is 12.6 Å². The second-order valence-corrected chi connectivity index (χ2v) is 3.06. The monoisotopic (exact) mass is 214 g/mol. The quantitative estimate of drug-likeness (QED) is 0.311. The summed E-state index contributed by atoms with van der Waals surface area (Å²) in [4.78, 5) is 20.1. The summed E-state index contributed by atoms with van der Waals surface area (Å²) < 4.78 is 0. The highest BCUT2D eigenvalue weighted by molar-refractivity contribution is 5.66. The van der Waals surface area contributed by atoms with Crippen molar-refractivity contribution in [3.8, 4) is 11.8 Å². The third kappa shape index (κ3) is 8.46. The van der Waals surface area contributed by atoms with Crippen molar-refractivity contribution in [3.05, 3.63) is 47.6 Å². The maximum Gasteiger partial charge on any atom is 0.142 e. The molecule has 0 saturated heterocycles. The van der Waals surface area contributed by atoms with Crippen molar-refractivity contribution in [2.45, 2.75) is 13.8 Å². The van der Waals surface area contributed by atoms with Gasteiger partial charge in [-0.05, 0) is 49.3 Å². The molecule has 0 unspecified atom stereocenters. The van der Waals surface area contributed by atoms with Crippen LogP contribution in [0.4, 0.5) is 0 Å². The van der Waals surface area contributed by atoms with Crippen LogP contribution in [0, 0.1) is 11.8 Å². The van der Waals surface area contributed by atoms with E-state index in [4.69, 9.17) is 0 Å². The van der Waals surface area contributed by atoms with Crippen molar-refractivity contribution in [1.29, 1.82) is 0 Å². The largest absolute Gasteiger partial charge is 0.299 e. The molecule has 0 N–H and O–H groups in total. The zero-order chi connectivity index (χ0) is 12.2. The van der Waals surface area contributed by atoms with Gasteiger partial charge in [-0.15, -0.1) is 0 Å². The molecular formula is C14H14O2. The number of allylic oxidation sites excluding steroid dienone is 8. The summed E-state index contributed by atoms with van der Waals surface area (Å²) in [6, 6.07) is 0. The van der Waals surface area contributed by atoms with E-state index in [0.29, 0.717) is 0 Å². The van der Waals surface area contributed by atoms with E-state index in [1.165, 1.54) is 12.2 Å². The lowest BCUT2D eigenvalue weighted by Gasteiger charge is -1.84. The molecule has 2 nitrogen and oxygen atoms in total. The van der Waals surface area contributed by atoms with Crippen LogP contribution >= 0.6 is 0 Å². The maximum absolute atomic E-state index is 10.0. The third-order valence-electron chi connectivity index (χ3n) is 1.56. The summed E-state index contributed by atoms with van der Waals surface area (Å²) in [5.41, 5.74) is 1.82. The first-order valence-corrected chi connectivity index (χ1v) is 4.79. The van der Waals surface area contributed by atoms with Gasteiger partial charge < -0.3 is 0 Å². The average molecular weight is 214 g/mol. The van der Waals surface area contributed by atoms with E-state index >= 15 is 0 Å². The summed E-state index contributed by atoms with van der Waals surface area (Å²) in [7, 11) is 0. The van der Waals surface area contributed by atoms with Gasteiger partial charge in [0.2, 0.25) is 0 Å². The molecule has 0 saturated carbocycles. The lowest BCUT2D eigenvalue weighted by molar-refractivity contribution is -0.104. The molecular weight excluding hydrogens is 200 g/mol. The lowest BCUT2D eigenvalue weighted by Crippen LogP contribution is -1.69. The minimum atomic E-state index is 0.721. The van der Waals surface area contributed by atoms with Gasteiger partial charge in [0.15, 0.2) is 0 Å². The van der Waals surface area contributed by atoms with Crippen LogP contribution in [0.1, 0.15) is 13.8 Å². The van der Waals surface area contributed by atoms with Crippen LogP contribution in [0.3, 0.4) is 0 Å². The first-order valence-electron chi connectivity index (χ1n) is 4.79. The topological polar surface area (TPSA) is 34.1 Å². The van der Waals surface area contributed by atoms with Crippen molar-refractivity contribution >= 4 is 12.6 Å². The number of aldehydes is 2. The van der Waals surface area contributed by atoms with E-state index in [2.05, 4.69) is 11.8 Å². The van der Waals surface area contributed by atoms with Crippen LogP contribution in [0.15, 0.2) is 47.6 Å². The van der Waals surface area contributed by atoms with Crippen molar-refractivity contribution in [1.82, 2.24) is 0 Å². The van der Waals surface area contributed by atoms with E-state index in [0.717, 1.165) is 23.7 Å². The predicted molar refractivity (Wildman–Crippen MR) is 65.7 cm³/mol. The summed E-state index contributed by atoms with van der Waals surface area (Å²) >= 11 is 0. The first-order chi connectivity index (χ1) is 7.70. The van der Waals surface area contributed by atoms with Gasteiger partial charge in [0, 0.05) is 0 Å². The number of carbonyl (C=O) groups is 2. The third-order valence-corrected chi connectivity index (χ3v) is 1.56. The average Bonchev–Trinajstić information content (AvgIpc) is 2.29. The van der Waals surface area contributed by atoms with Crippen molar-refractivity contribution in [3.63, 3.8) is 0 Å². The summed E-state index contributed by atoms with van der Waals surface area (Å²) in [5.74, 6) is 5.65. The molecule has 0 aliphatic carbocycles. The molecule has 0 aliphatic heterocycles. The number of carbonyl (C=O) groups excluding carboxylic acids is 2. The summed E-state index contributed by atoms with van der Waals surface area (Å²) in [5, 5.41) is 0. The molecule has 0 aromatic carbocycles. The minimum absolute atomic E-state index is 0.721. The van der Waals surface area contributed by atoms with Crippen molar-refractivity contribution in [2.24, 2.45) is 0 Å². The molecule has 0 bridgehead atoms. The van der Waals surface area contributed by atoms with Crippen LogP contribution in [0.25, 0.3) is 0 Å². The van der Waals surface area contributed by atoms with Crippen LogP contribution in [0.2, 0.25) is 0 Å². The highest BCUT2D eigenvalue weighted by atomic mass is 16.1. The fourth-order valence-electron chi connectivity index (χ4n) is 0.789. The van der Waals surface area contributed by atoms with Crippen LogP contribution < -0.4 is 0 Å². The van der Waals surface area contributed by atoms with Crippen LogP contribution in [-0.2, 0) is 9.59 Å². The van der Waals surface area contributed by atoms with Gasteiger partial charge in [-0.1, -0.05) is 24.0 Å². The van der Waals surface area contributed by atoms with E-state index < -0.39 is 0 Å². The molecule has 0 fully saturated rings. The van der Waals surface area contributed by atoms with Gasteiger partial charge in [-0.25, -0.2) is 0 Å². The molecule has 0 amide bonds. The standard InChI is InChI=1S/C14H14O2/c1-13(9-5-11-15)7-3-4-8-14(2)10-6-12-16/h5-12H,1-2H3. The molecule has 2 heteroatoms. The Kier molecular flexibility index (Phi) is 8.16. The Morgan fingerprint density at radius 3 is 1.50 bits per heavy atom. The number of hydrogen-bond acceptors (Lipinski definition) is 2. The van der Waals surface area contributed by atoms with Gasteiger partial charge in [-0.2, -0.15) is 0 Å². The fourth-order valence-corrected chi connectivity index (χ4v) is 0.789. The Bertz CT molecular complexity index is 372. The first kappa shape index (κ1) is 13.9. The molecule has 82 valence electrons. The Morgan fingerprint density at radius 1 is 0.812 bits per heavy atom. The molecule has 0 heterocycles. The number of rotatable bonds is 4. The molecule has 0 aliphatic rings. The maximum atomic E-state index is 10.0. The minimum Gasteiger partial charge on any atom is -0.299 e. The van der Waals surface area contributed by atoms with E-state index in [-0.39, 0.29) is 0 Å². The SMILES string of the molecule is CC(C=CC=O)=CC#CC=C(C)C=CC=O. The zero-order valence-electron chi connectivity index (χ0n) is 9.44. The second kappa shape index (κ2) is 9.42. The van der Waals surface area contributed by atoms with E-state index in [1.807, 2.05) is 13.8 Å². The zero-order valence-corrected chi connectivity index (χ0v) is 9.44. The van der Waals surface area contributed by atoms with Crippen LogP contribution in [0.5, 0.6) is 0 Å². The summed E-state index contributed by atoms with van der Waals surface area (Å²) in [6.07, 6.45) is 11.1. The number of hydrogen-bond donors (Lipinski definition) is 0. The highest BCUT2D eigenvalue weighted by Crippen LogP contribution is 1.94. The molecule has 0 spiro atoms. The molecule has 0 atom stereocenters. The van der Waals surface area contributed by atoms with Gasteiger partial charge >= 0.3 is 0 Å². The Labute approximate surface area is 96.0 Å². The second-order valence-electron chi connectivity index (χ2n) is 3.06. The highest BCUT2D eigenvalue weighted by Gasteiger charge is 1.77. The van der Waals surface area contributed by atoms with Gasteiger partial charge in [0.05, 0.1) is 0 Å². The molecule has 0 aromatic heterocycles. The van der Waals surface area contributed by atoms with Gasteiger partial charge in [-0.3, -0.25) is 9.59 Å². The molecule has 0 aromatic rings. The van der Waals surface area contributed by atoms with Crippen molar-refractivity contribution in [2.75, 3.05) is 0 Å². The Morgan fingerprint density at radius 2 is 1.19 bits per heavy atom.